The van der Waals surface area contributed by atoms with Gasteiger partial charge in [0.2, 0.25) is 0 Å². The molecule has 1 amide bonds. The van der Waals surface area contributed by atoms with Crippen LogP contribution in [0.15, 0.2) is 34.9 Å². The fourth-order valence-corrected chi connectivity index (χ4v) is 1.53. The van der Waals surface area contributed by atoms with Crippen LogP contribution in [0.4, 0.5) is 6.01 Å². The van der Waals surface area contributed by atoms with Crippen molar-refractivity contribution in [3.63, 3.8) is 0 Å². The molecule has 0 unspecified atom stereocenters. The van der Waals surface area contributed by atoms with Crippen LogP contribution >= 0.6 is 11.6 Å². The van der Waals surface area contributed by atoms with E-state index >= 15 is 0 Å². The van der Waals surface area contributed by atoms with Gasteiger partial charge in [0.1, 0.15) is 6.26 Å². The normalized spacial score (nSPS) is 10.1. The molecule has 6 nitrogen and oxygen atoms in total. The van der Waals surface area contributed by atoms with Crippen molar-refractivity contribution < 1.29 is 18.7 Å². The van der Waals surface area contributed by atoms with Crippen molar-refractivity contribution in [2.75, 3.05) is 11.9 Å². The van der Waals surface area contributed by atoms with E-state index in [0.717, 1.165) is 6.26 Å². The van der Waals surface area contributed by atoms with Gasteiger partial charge in [-0.15, -0.1) is 0 Å². The third-order valence-electron chi connectivity index (χ3n) is 2.32. The maximum Gasteiger partial charge on any atom is 0.360 e. The average molecular weight is 295 g/mol. The summed E-state index contributed by atoms with van der Waals surface area (Å²) in [6, 6.07) is 6.24. The lowest BCUT2D eigenvalue weighted by Gasteiger charge is -2.00. The predicted molar refractivity (Wildman–Crippen MR) is 71.9 cm³/mol. The van der Waals surface area contributed by atoms with Gasteiger partial charge < -0.3 is 9.15 Å². The second kappa shape index (κ2) is 6.21. The summed E-state index contributed by atoms with van der Waals surface area (Å²) in [6.45, 7) is 1.92. The Morgan fingerprint density at radius 3 is 2.70 bits per heavy atom. The van der Waals surface area contributed by atoms with Gasteiger partial charge in [0.25, 0.3) is 5.91 Å². The molecule has 0 saturated heterocycles. The van der Waals surface area contributed by atoms with E-state index in [4.69, 9.17) is 20.8 Å². The van der Waals surface area contributed by atoms with E-state index in [0.29, 0.717) is 10.6 Å². The maximum atomic E-state index is 11.9. The molecule has 1 aromatic heterocycles. The van der Waals surface area contributed by atoms with E-state index in [-0.39, 0.29) is 18.3 Å². The van der Waals surface area contributed by atoms with E-state index in [1.807, 2.05) is 0 Å². The molecule has 0 aliphatic rings. The smallest absolute Gasteiger partial charge is 0.360 e. The van der Waals surface area contributed by atoms with Crippen molar-refractivity contribution in [2.45, 2.75) is 6.92 Å². The Morgan fingerprint density at radius 2 is 2.05 bits per heavy atom. The van der Waals surface area contributed by atoms with Gasteiger partial charge in [0.05, 0.1) is 6.61 Å². The Bertz CT molecular complexity index is 622. The molecule has 0 bridgehead atoms. The molecular weight excluding hydrogens is 284 g/mol. The molecule has 1 heterocycles. The lowest BCUT2D eigenvalue weighted by atomic mass is 10.2. The minimum atomic E-state index is -0.608. The Morgan fingerprint density at radius 1 is 1.35 bits per heavy atom. The number of ether oxygens (including phenoxy) is 1. The van der Waals surface area contributed by atoms with Crippen LogP contribution in [-0.4, -0.2) is 23.5 Å². The molecule has 0 saturated carbocycles. The predicted octanol–water partition coefficient (Wildman–Crippen LogP) is 2.76. The molecular formula is C13H11ClN2O4. The molecule has 2 aromatic rings. The van der Waals surface area contributed by atoms with Crippen LogP contribution in [0.2, 0.25) is 5.02 Å². The largest absolute Gasteiger partial charge is 0.461 e. The van der Waals surface area contributed by atoms with Crippen LogP contribution in [0.3, 0.4) is 0 Å². The molecule has 0 fully saturated rings. The third kappa shape index (κ3) is 3.36. The average Bonchev–Trinajstić information content (AvgIpc) is 2.88. The lowest BCUT2D eigenvalue weighted by molar-refractivity contribution is 0.0519. The van der Waals surface area contributed by atoms with Gasteiger partial charge in [0, 0.05) is 10.6 Å². The maximum absolute atomic E-state index is 11.9. The standard InChI is InChI=1S/C13H11ClN2O4/c1-2-19-12(18)10-7-20-13(15-10)16-11(17)8-3-5-9(14)6-4-8/h3-7H,2H2,1H3,(H,15,16,17). The van der Waals surface area contributed by atoms with E-state index in [1.54, 1.807) is 31.2 Å². The van der Waals surface area contributed by atoms with Crippen LogP contribution in [-0.2, 0) is 4.74 Å². The number of hydrogen-bond acceptors (Lipinski definition) is 5. The van der Waals surface area contributed by atoms with Crippen LogP contribution in [0.1, 0.15) is 27.8 Å². The number of nitrogens with zero attached hydrogens (tertiary/aromatic N) is 1. The zero-order chi connectivity index (χ0) is 14.5. The first-order valence-corrected chi connectivity index (χ1v) is 6.17. The zero-order valence-electron chi connectivity index (χ0n) is 10.6. The minimum absolute atomic E-state index is 0.00161. The number of carbonyl (C=O) groups excluding carboxylic acids is 2. The highest BCUT2D eigenvalue weighted by Gasteiger charge is 2.15. The van der Waals surface area contributed by atoms with E-state index in [9.17, 15) is 9.59 Å². The fraction of sp³-hybridized carbons (Fsp3) is 0.154. The topological polar surface area (TPSA) is 81.4 Å². The van der Waals surface area contributed by atoms with Crippen LogP contribution in [0, 0.1) is 0 Å². The van der Waals surface area contributed by atoms with E-state index in [1.165, 1.54) is 0 Å². The van der Waals surface area contributed by atoms with Crippen molar-refractivity contribution >= 4 is 29.5 Å². The quantitative estimate of drug-likeness (QED) is 0.877. The second-order valence-corrected chi connectivity index (χ2v) is 4.16. The number of rotatable bonds is 4. The minimum Gasteiger partial charge on any atom is -0.461 e. The number of anilines is 1. The first-order valence-electron chi connectivity index (χ1n) is 5.79. The number of oxazole rings is 1. The van der Waals surface area contributed by atoms with Gasteiger partial charge in [-0.2, -0.15) is 4.98 Å². The summed E-state index contributed by atoms with van der Waals surface area (Å²) in [7, 11) is 0. The van der Waals surface area contributed by atoms with Gasteiger partial charge in [-0.25, -0.2) is 4.79 Å². The molecule has 0 aliphatic carbocycles. The monoisotopic (exact) mass is 294 g/mol. The molecule has 7 heteroatoms. The summed E-state index contributed by atoms with van der Waals surface area (Å²) in [5.41, 5.74) is 0.392. The molecule has 2 rings (SSSR count). The van der Waals surface area contributed by atoms with Crippen molar-refractivity contribution in [1.29, 1.82) is 0 Å². The summed E-state index contributed by atoms with van der Waals surface area (Å²) in [6.07, 6.45) is 1.12. The molecule has 20 heavy (non-hydrogen) atoms. The third-order valence-corrected chi connectivity index (χ3v) is 2.57. The summed E-state index contributed by atoms with van der Waals surface area (Å²) in [5.74, 6) is -1.03. The number of nitrogens with one attached hydrogen (secondary N) is 1. The number of aromatic nitrogens is 1. The molecule has 0 spiro atoms. The zero-order valence-corrected chi connectivity index (χ0v) is 11.3. The lowest BCUT2D eigenvalue weighted by Crippen LogP contribution is -2.12. The first kappa shape index (κ1) is 14.1. The number of carbonyl (C=O) groups is 2. The van der Waals surface area contributed by atoms with Crippen molar-refractivity contribution in [3.05, 3.63) is 46.8 Å². The Hall–Kier alpha value is -2.34. The summed E-state index contributed by atoms with van der Waals surface area (Å²) in [4.78, 5) is 27.1. The molecule has 1 N–H and O–H groups in total. The Labute approximate surface area is 119 Å². The molecule has 0 aliphatic heterocycles. The summed E-state index contributed by atoms with van der Waals surface area (Å²) < 4.78 is 9.73. The van der Waals surface area contributed by atoms with Crippen molar-refractivity contribution in [2.24, 2.45) is 0 Å². The number of hydrogen-bond donors (Lipinski definition) is 1. The summed E-state index contributed by atoms with van der Waals surface area (Å²) in [5, 5.41) is 2.96. The van der Waals surface area contributed by atoms with Crippen LogP contribution in [0.25, 0.3) is 0 Å². The molecule has 0 atom stereocenters. The SMILES string of the molecule is CCOC(=O)c1coc(NC(=O)c2ccc(Cl)cc2)n1. The highest BCUT2D eigenvalue weighted by molar-refractivity contribution is 6.30. The number of benzene rings is 1. The van der Waals surface area contributed by atoms with Gasteiger partial charge in [-0.1, -0.05) is 11.6 Å². The first-order chi connectivity index (χ1) is 9.60. The Kier molecular flexibility index (Phi) is 4.37. The number of esters is 1. The van der Waals surface area contributed by atoms with E-state index < -0.39 is 11.9 Å². The van der Waals surface area contributed by atoms with Gasteiger partial charge in [-0.3, -0.25) is 10.1 Å². The van der Waals surface area contributed by atoms with Gasteiger partial charge in [-0.05, 0) is 31.2 Å². The van der Waals surface area contributed by atoms with Crippen molar-refractivity contribution in [1.82, 2.24) is 4.98 Å². The van der Waals surface area contributed by atoms with Crippen molar-refractivity contribution in [3.8, 4) is 0 Å². The molecule has 0 radical (unpaired) electrons. The second-order valence-electron chi connectivity index (χ2n) is 3.72. The number of halogens is 1. The van der Waals surface area contributed by atoms with Crippen LogP contribution < -0.4 is 5.32 Å². The Balaban J connectivity index is 2.05. The summed E-state index contributed by atoms with van der Waals surface area (Å²) >= 11 is 5.73. The highest BCUT2D eigenvalue weighted by atomic mass is 35.5. The van der Waals surface area contributed by atoms with Gasteiger partial charge >= 0.3 is 12.0 Å². The fourth-order valence-electron chi connectivity index (χ4n) is 1.40. The highest BCUT2D eigenvalue weighted by Crippen LogP contribution is 2.13. The van der Waals surface area contributed by atoms with Crippen LogP contribution in [0.5, 0.6) is 0 Å². The number of amides is 1. The van der Waals surface area contributed by atoms with Gasteiger partial charge in [0.15, 0.2) is 5.69 Å². The van der Waals surface area contributed by atoms with E-state index in [2.05, 4.69) is 10.3 Å². The molecule has 104 valence electrons. The molecule has 1 aromatic carbocycles.